The number of hydrogen-bond donors (Lipinski definition) is 2. The van der Waals surface area contributed by atoms with Crippen molar-refractivity contribution in [2.45, 2.75) is 24.2 Å². The van der Waals surface area contributed by atoms with Crippen molar-refractivity contribution in [2.24, 2.45) is 0 Å². The average Bonchev–Trinajstić information content (AvgIpc) is 2.44. The number of hydrogen-bond acceptors (Lipinski definition) is 4. The van der Waals surface area contributed by atoms with E-state index in [-0.39, 0.29) is 24.5 Å². The Morgan fingerprint density at radius 3 is 2.57 bits per heavy atom. The van der Waals surface area contributed by atoms with Crippen LogP contribution in [0.4, 0.5) is 0 Å². The molecule has 7 heteroatoms. The molecule has 0 radical (unpaired) electrons. The van der Waals surface area contributed by atoms with Crippen molar-refractivity contribution in [2.75, 3.05) is 13.2 Å². The maximum absolute atomic E-state index is 11.9. The molecule has 0 fully saturated rings. The quantitative estimate of drug-likeness (QED) is 0.528. The zero-order valence-corrected chi connectivity index (χ0v) is 12.2. The van der Waals surface area contributed by atoms with E-state index in [1.54, 1.807) is 0 Å². The summed E-state index contributed by atoms with van der Waals surface area (Å²) in [5.41, 5.74) is 0. The molecule has 0 aliphatic rings. The van der Waals surface area contributed by atoms with Gasteiger partial charge < -0.3 is 9.84 Å². The predicted octanol–water partition coefficient (Wildman–Crippen LogP) is 1.23. The first-order valence-electron chi connectivity index (χ1n) is 6.33. The van der Waals surface area contributed by atoms with Gasteiger partial charge in [-0.05, 0) is 30.7 Å². The second kappa shape index (κ2) is 8.29. The first kappa shape index (κ1) is 17.0. The minimum absolute atomic E-state index is 0.0335. The van der Waals surface area contributed by atoms with Crippen LogP contribution in [0.15, 0.2) is 29.2 Å². The fourth-order valence-electron chi connectivity index (χ4n) is 1.45. The van der Waals surface area contributed by atoms with Crippen LogP contribution in [-0.4, -0.2) is 32.6 Å². The monoisotopic (exact) mass is 311 g/mol. The van der Waals surface area contributed by atoms with Gasteiger partial charge in [-0.2, -0.15) is 0 Å². The van der Waals surface area contributed by atoms with Gasteiger partial charge in [-0.25, -0.2) is 13.1 Å². The lowest BCUT2D eigenvalue weighted by Gasteiger charge is -2.08. The number of carboxylic acids is 1. The number of aliphatic carboxylic acids is 1. The summed E-state index contributed by atoms with van der Waals surface area (Å²) >= 11 is 0. The molecule has 0 amide bonds. The molecule has 0 spiro atoms. The van der Waals surface area contributed by atoms with Crippen LogP contribution >= 0.6 is 0 Å². The van der Waals surface area contributed by atoms with Gasteiger partial charge in [-0.3, -0.25) is 4.79 Å². The van der Waals surface area contributed by atoms with Crippen LogP contribution in [0.25, 0.3) is 0 Å². The number of benzene rings is 1. The molecule has 0 bridgehead atoms. The Hall–Kier alpha value is -2.04. The molecule has 1 aromatic carbocycles. The maximum Gasteiger partial charge on any atom is 0.306 e. The Bertz CT molecular complexity index is 601. The molecule has 0 aliphatic carbocycles. The number of ether oxygens (including phenoxy) is 1. The molecule has 21 heavy (non-hydrogen) atoms. The van der Waals surface area contributed by atoms with Crippen molar-refractivity contribution < 1.29 is 23.1 Å². The summed E-state index contributed by atoms with van der Waals surface area (Å²) in [6, 6.07) is 5.77. The number of rotatable bonds is 9. The van der Waals surface area contributed by atoms with E-state index in [0.717, 1.165) is 0 Å². The Balaban J connectivity index is 2.56. The highest BCUT2D eigenvalue weighted by molar-refractivity contribution is 7.89. The minimum atomic E-state index is -3.56. The number of carboxylic acid groups (broad SMARTS) is 1. The molecule has 0 atom stereocenters. The summed E-state index contributed by atoms with van der Waals surface area (Å²) in [5, 5.41) is 8.48. The zero-order valence-electron chi connectivity index (χ0n) is 11.4. The number of nitrogens with one attached hydrogen (secondary N) is 1. The van der Waals surface area contributed by atoms with E-state index in [1.165, 1.54) is 24.3 Å². The van der Waals surface area contributed by atoms with Crippen LogP contribution in [0, 0.1) is 12.3 Å². The highest BCUT2D eigenvalue weighted by atomic mass is 32.2. The summed E-state index contributed by atoms with van der Waals surface area (Å²) < 4.78 is 31.5. The second-order valence-corrected chi connectivity index (χ2v) is 5.94. The molecule has 0 saturated heterocycles. The average molecular weight is 311 g/mol. The smallest absolute Gasteiger partial charge is 0.306 e. The van der Waals surface area contributed by atoms with E-state index in [1.807, 2.05) is 0 Å². The van der Waals surface area contributed by atoms with Gasteiger partial charge in [0.25, 0.3) is 0 Å². The lowest BCUT2D eigenvalue weighted by Crippen LogP contribution is -2.24. The third-order valence-corrected chi connectivity index (χ3v) is 3.99. The molecule has 2 N–H and O–H groups in total. The van der Waals surface area contributed by atoms with Crippen LogP contribution in [0.5, 0.6) is 5.75 Å². The Labute approximate surface area is 124 Å². The molecule has 0 aromatic heterocycles. The van der Waals surface area contributed by atoms with Gasteiger partial charge >= 0.3 is 5.97 Å². The second-order valence-electron chi connectivity index (χ2n) is 4.17. The summed E-state index contributed by atoms with van der Waals surface area (Å²) in [4.78, 5) is 10.5. The molecule has 0 saturated carbocycles. The van der Waals surface area contributed by atoms with E-state index in [4.69, 9.17) is 16.3 Å². The topological polar surface area (TPSA) is 92.7 Å². The van der Waals surface area contributed by atoms with Gasteiger partial charge in [0.05, 0.1) is 17.9 Å². The molecule has 0 unspecified atom stereocenters. The molecular formula is C14H17NO5S. The van der Waals surface area contributed by atoms with Crippen molar-refractivity contribution in [1.82, 2.24) is 4.72 Å². The number of carbonyl (C=O) groups is 1. The molecule has 0 aliphatic heterocycles. The predicted molar refractivity (Wildman–Crippen MR) is 77.4 cm³/mol. The van der Waals surface area contributed by atoms with Crippen molar-refractivity contribution in [1.29, 1.82) is 0 Å². The number of unbranched alkanes of at least 4 members (excludes halogenated alkanes) is 1. The largest absolute Gasteiger partial charge is 0.493 e. The van der Waals surface area contributed by atoms with Crippen molar-refractivity contribution in [3.63, 3.8) is 0 Å². The molecule has 1 rings (SSSR count). The fraction of sp³-hybridized carbons (Fsp3) is 0.357. The van der Waals surface area contributed by atoms with Gasteiger partial charge in [0.2, 0.25) is 10.0 Å². The van der Waals surface area contributed by atoms with Crippen LogP contribution in [0.2, 0.25) is 0 Å². The summed E-state index contributed by atoms with van der Waals surface area (Å²) in [7, 11) is -3.56. The normalized spacial score (nSPS) is 10.8. The van der Waals surface area contributed by atoms with Gasteiger partial charge in [0.15, 0.2) is 0 Å². The zero-order chi connectivity index (χ0) is 15.7. The van der Waals surface area contributed by atoms with E-state index < -0.39 is 16.0 Å². The maximum atomic E-state index is 11.9. The fourth-order valence-corrected chi connectivity index (χ4v) is 2.53. The number of sulfonamides is 1. The van der Waals surface area contributed by atoms with Gasteiger partial charge in [0.1, 0.15) is 5.75 Å². The summed E-state index contributed by atoms with van der Waals surface area (Å²) in [6.45, 7) is 0.315. The highest BCUT2D eigenvalue weighted by Crippen LogP contribution is 2.16. The van der Waals surface area contributed by atoms with Crippen LogP contribution in [0.3, 0.4) is 0 Å². The van der Waals surface area contributed by atoms with Gasteiger partial charge in [-0.1, -0.05) is 0 Å². The van der Waals surface area contributed by atoms with Gasteiger partial charge in [-0.15, -0.1) is 12.3 Å². The van der Waals surface area contributed by atoms with Gasteiger partial charge in [0, 0.05) is 13.0 Å². The summed E-state index contributed by atoms with van der Waals surface area (Å²) in [5.74, 6) is 1.90. The van der Waals surface area contributed by atoms with E-state index >= 15 is 0 Å². The van der Waals surface area contributed by atoms with E-state index in [2.05, 4.69) is 10.6 Å². The van der Waals surface area contributed by atoms with Crippen LogP contribution in [-0.2, 0) is 14.8 Å². The van der Waals surface area contributed by atoms with Crippen LogP contribution < -0.4 is 9.46 Å². The van der Waals surface area contributed by atoms with E-state index in [9.17, 15) is 13.2 Å². The highest BCUT2D eigenvalue weighted by Gasteiger charge is 2.13. The van der Waals surface area contributed by atoms with Crippen LogP contribution in [0.1, 0.15) is 19.3 Å². The molecular weight excluding hydrogens is 294 g/mol. The Morgan fingerprint density at radius 2 is 2.00 bits per heavy atom. The summed E-state index contributed by atoms with van der Waals surface area (Å²) in [6.07, 6.45) is 6.06. The van der Waals surface area contributed by atoms with Crippen molar-refractivity contribution in [3.8, 4) is 18.1 Å². The first-order valence-corrected chi connectivity index (χ1v) is 7.82. The molecule has 1 aromatic rings. The Morgan fingerprint density at radius 1 is 1.33 bits per heavy atom. The van der Waals surface area contributed by atoms with E-state index in [0.29, 0.717) is 18.6 Å². The number of terminal acetylenes is 1. The lowest BCUT2D eigenvalue weighted by molar-refractivity contribution is -0.137. The van der Waals surface area contributed by atoms with Crippen molar-refractivity contribution in [3.05, 3.63) is 24.3 Å². The molecule has 6 nitrogen and oxygen atoms in total. The first-order chi connectivity index (χ1) is 9.95. The lowest BCUT2D eigenvalue weighted by atomic mass is 10.3. The molecule has 114 valence electrons. The Kier molecular flexibility index (Phi) is 6.72. The standard InChI is InChI=1S/C14H17NO5S/c1-2-3-4-10-15-21(18,19)13-7-5-12(6-8-13)20-11-9-14(16)17/h1,5-8,15H,3-4,9-11H2,(H,16,17). The third kappa shape index (κ3) is 6.29. The minimum Gasteiger partial charge on any atom is -0.493 e. The van der Waals surface area contributed by atoms with Crippen molar-refractivity contribution >= 4 is 16.0 Å². The molecule has 0 heterocycles. The third-order valence-electron chi connectivity index (χ3n) is 2.51. The SMILES string of the molecule is C#CCCCNS(=O)(=O)c1ccc(OCCC(=O)O)cc1.